The third-order valence-electron chi connectivity index (χ3n) is 5.93. The standard InChI is InChI=1S/C21H31F3O/c1-3-5-17(6-4-15-25-21(22,23)24)19-11-13-20(14-12-19)18-9-7-16(2)8-10-18/h3-6,16,18-20H,1,7-15H2,2H3/b6-4-,17-5+. The molecule has 2 saturated carbocycles. The Morgan fingerprint density at radius 1 is 1.00 bits per heavy atom. The Morgan fingerprint density at radius 3 is 2.08 bits per heavy atom. The lowest BCUT2D eigenvalue weighted by molar-refractivity contribution is -0.319. The minimum Gasteiger partial charge on any atom is -0.288 e. The summed E-state index contributed by atoms with van der Waals surface area (Å²) in [6.45, 7) is 5.66. The van der Waals surface area contributed by atoms with Crippen LogP contribution in [0.4, 0.5) is 13.2 Å². The van der Waals surface area contributed by atoms with Gasteiger partial charge in [0.05, 0.1) is 6.61 Å². The Kier molecular flexibility index (Phi) is 7.80. The van der Waals surface area contributed by atoms with E-state index in [0.717, 1.165) is 36.2 Å². The van der Waals surface area contributed by atoms with Gasteiger partial charge in [-0.25, -0.2) is 0 Å². The molecule has 0 radical (unpaired) electrons. The second kappa shape index (κ2) is 9.61. The molecule has 2 aliphatic rings. The van der Waals surface area contributed by atoms with Crippen LogP contribution in [0, 0.1) is 23.7 Å². The highest BCUT2D eigenvalue weighted by Gasteiger charge is 2.31. The molecule has 4 heteroatoms. The number of halogens is 3. The summed E-state index contributed by atoms with van der Waals surface area (Å²) in [5.74, 6) is 3.05. The molecule has 0 amide bonds. The SMILES string of the molecule is C=C/C=C(\C=C/COC(F)(F)F)C1CCC(C2CCC(C)CC2)CC1. The lowest BCUT2D eigenvalue weighted by Crippen LogP contribution is -2.25. The third kappa shape index (κ3) is 7.01. The number of allylic oxidation sites excluding steroid dienone is 4. The molecule has 0 aliphatic heterocycles. The van der Waals surface area contributed by atoms with Gasteiger partial charge in [-0.2, -0.15) is 0 Å². The lowest BCUT2D eigenvalue weighted by atomic mass is 9.68. The van der Waals surface area contributed by atoms with Gasteiger partial charge in [-0.3, -0.25) is 4.74 Å². The van der Waals surface area contributed by atoms with Gasteiger partial charge in [0.25, 0.3) is 0 Å². The van der Waals surface area contributed by atoms with Crippen molar-refractivity contribution < 1.29 is 17.9 Å². The van der Waals surface area contributed by atoms with Gasteiger partial charge in [-0.1, -0.05) is 50.6 Å². The van der Waals surface area contributed by atoms with Crippen LogP contribution in [-0.2, 0) is 4.74 Å². The molecule has 0 heterocycles. The molecule has 0 saturated heterocycles. The van der Waals surface area contributed by atoms with Crippen molar-refractivity contribution in [3.8, 4) is 0 Å². The van der Waals surface area contributed by atoms with Crippen molar-refractivity contribution in [2.24, 2.45) is 23.7 Å². The zero-order valence-corrected chi connectivity index (χ0v) is 15.2. The van der Waals surface area contributed by atoms with Gasteiger partial charge in [0.1, 0.15) is 0 Å². The molecule has 142 valence electrons. The van der Waals surface area contributed by atoms with E-state index in [-0.39, 0.29) is 0 Å². The first-order valence-corrected chi connectivity index (χ1v) is 9.59. The van der Waals surface area contributed by atoms with Gasteiger partial charge < -0.3 is 0 Å². The molecule has 1 nitrogen and oxygen atoms in total. The van der Waals surface area contributed by atoms with Crippen molar-refractivity contribution in [1.82, 2.24) is 0 Å². The van der Waals surface area contributed by atoms with Gasteiger partial charge in [0, 0.05) is 0 Å². The Balaban J connectivity index is 1.82. The maximum atomic E-state index is 12.0. The molecule has 25 heavy (non-hydrogen) atoms. The minimum absolute atomic E-state index is 0.430. The molecule has 0 atom stereocenters. The number of ether oxygens (including phenoxy) is 1. The van der Waals surface area contributed by atoms with Crippen LogP contribution in [0.1, 0.15) is 58.3 Å². The van der Waals surface area contributed by atoms with Crippen LogP contribution in [-0.4, -0.2) is 13.0 Å². The lowest BCUT2D eigenvalue weighted by Gasteiger charge is -2.37. The number of rotatable bonds is 6. The second-order valence-corrected chi connectivity index (χ2v) is 7.69. The molecule has 0 N–H and O–H groups in total. The van der Waals surface area contributed by atoms with Crippen LogP contribution in [0.5, 0.6) is 0 Å². The summed E-state index contributed by atoms with van der Waals surface area (Å²) in [6, 6.07) is 0. The zero-order valence-electron chi connectivity index (χ0n) is 15.2. The highest BCUT2D eigenvalue weighted by molar-refractivity contribution is 5.26. The zero-order chi connectivity index (χ0) is 18.3. The number of hydrogen-bond acceptors (Lipinski definition) is 1. The first-order chi connectivity index (χ1) is 11.9. The Hall–Kier alpha value is -1.03. The van der Waals surface area contributed by atoms with Crippen LogP contribution >= 0.6 is 0 Å². The fourth-order valence-corrected chi connectivity index (χ4v) is 4.47. The summed E-state index contributed by atoms with van der Waals surface area (Å²) in [7, 11) is 0. The van der Waals surface area contributed by atoms with Gasteiger partial charge in [-0.15, -0.1) is 13.2 Å². The Morgan fingerprint density at radius 2 is 1.56 bits per heavy atom. The first kappa shape index (κ1) is 20.3. The summed E-state index contributed by atoms with van der Waals surface area (Å²) in [6.07, 6.45) is 12.5. The Bertz CT molecular complexity index is 462. The average molecular weight is 356 g/mol. The number of hydrogen-bond donors (Lipinski definition) is 0. The normalized spacial score (nSPS) is 32.1. The average Bonchev–Trinajstić information content (AvgIpc) is 2.58. The van der Waals surface area contributed by atoms with E-state index in [1.165, 1.54) is 44.6 Å². The van der Waals surface area contributed by atoms with E-state index in [2.05, 4.69) is 18.2 Å². The summed E-state index contributed by atoms with van der Waals surface area (Å²) in [5, 5.41) is 0. The molecule has 2 fully saturated rings. The van der Waals surface area contributed by atoms with E-state index < -0.39 is 13.0 Å². The van der Waals surface area contributed by atoms with Crippen LogP contribution in [0.3, 0.4) is 0 Å². The summed E-state index contributed by atoms with van der Waals surface area (Å²) in [5.41, 5.74) is 1.08. The maximum absolute atomic E-state index is 12.0. The predicted octanol–water partition coefficient (Wildman–Crippen LogP) is 6.82. The highest BCUT2D eigenvalue weighted by Crippen LogP contribution is 2.42. The van der Waals surface area contributed by atoms with Gasteiger partial charge in [0.15, 0.2) is 0 Å². The molecule has 0 aromatic heterocycles. The largest absolute Gasteiger partial charge is 0.522 e. The number of alkyl halides is 3. The van der Waals surface area contributed by atoms with Crippen molar-refractivity contribution in [1.29, 1.82) is 0 Å². The molecule has 0 spiro atoms. The van der Waals surface area contributed by atoms with E-state index in [1.54, 1.807) is 12.2 Å². The fourth-order valence-electron chi connectivity index (χ4n) is 4.47. The molecule has 0 unspecified atom stereocenters. The molecule has 0 bridgehead atoms. The van der Waals surface area contributed by atoms with Crippen molar-refractivity contribution in [3.05, 3.63) is 36.5 Å². The monoisotopic (exact) mass is 356 g/mol. The minimum atomic E-state index is -4.57. The van der Waals surface area contributed by atoms with E-state index in [9.17, 15) is 13.2 Å². The summed E-state index contributed by atoms with van der Waals surface area (Å²) < 4.78 is 39.9. The Labute approximate surface area is 150 Å². The summed E-state index contributed by atoms with van der Waals surface area (Å²) >= 11 is 0. The maximum Gasteiger partial charge on any atom is 0.522 e. The van der Waals surface area contributed by atoms with Crippen LogP contribution in [0.2, 0.25) is 0 Å². The third-order valence-corrected chi connectivity index (χ3v) is 5.93. The molecular formula is C21H31F3O. The fraction of sp³-hybridized carbons (Fsp3) is 0.714. The van der Waals surface area contributed by atoms with Crippen molar-refractivity contribution in [2.45, 2.75) is 64.7 Å². The molecular weight excluding hydrogens is 325 g/mol. The van der Waals surface area contributed by atoms with Gasteiger partial charge >= 0.3 is 6.36 Å². The predicted molar refractivity (Wildman–Crippen MR) is 96.0 cm³/mol. The first-order valence-electron chi connectivity index (χ1n) is 9.59. The van der Waals surface area contributed by atoms with Gasteiger partial charge in [0.2, 0.25) is 0 Å². The van der Waals surface area contributed by atoms with Crippen LogP contribution in [0.25, 0.3) is 0 Å². The molecule has 2 aliphatic carbocycles. The van der Waals surface area contributed by atoms with E-state index in [0.29, 0.717) is 5.92 Å². The van der Waals surface area contributed by atoms with Gasteiger partial charge in [-0.05, 0) is 67.8 Å². The topological polar surface area (TPSA) is 9.23 Å². The molecule has 0 aromatic rings. The summed E-state index contributed by atoms with van der Waals surface area (Å²) in [4.78, 5) is 0. The van der Waals surface area contributed by atoms with Crippen molar-refractivity contribution >= 4 is 0 Å². The van der Waals surface area contributed by atoms with E-state index in [4.69, 9.17) is 0 Å². The van der Waals surface area contributed by atoms with Crippen LogP contribution in [0.15, 0.2) is 36.5 Å². The molecule has 2 rings (SSSR count). The van der Waals surface area contributed by atoms with Crippen LogP contribution < -0.4 is 0 Å². The second-order valence-electron chi connectivity index (χ2n) is 7.69. The quantitative estimate of drug-likeness (QED) is 0.474. The van der Waals surface area contributed by atoms with Crippen molar-refractivity contribution in [2.75, 3.05) is 6.61 Å². The van der Waals surface area contributed by atoms with E-state index >= 15 is 0 Å². The van der Waals surface area contributed by atoms with E-state index in [1.807, 2.05) is 6.08 Å². The van der Waals surface area contributed by atoms with Crippen molar-refractivity contribution in [3.63, 3.8) is 0 Å². The smallest absolute Gasteiger partial charge is 0.288 e. The highest BCUT2D eigenvalue weighted by atomic mass is 19.4. The molecule has 0 aromatic carbocycles.